The molecule has 0 fully saturated rings. The molecule has 2 amide bonds. The molecule has 0 unspecified atom stereocenters. The molecule has 0 radical (unpaired) electrons. The average Bonchev–Trinajstić information content (AvgIpc) is 2.66. The quantitative estimate of drug-likeness (QED) is 0.714. The Morgan fingerprint density at radius 2 is 1.67 bits per heavy atom. The first-order valence-corrected chi connectivity index (χ1v) is 8.38. The molecule has 2 rings (SSSR count). The Balaban J connectivity index is 1.86. The van der Waals surface area contributed by atoms with Crippen molar-refractivity contribution < 1.29 is 23.9 Å². The summed E-state index contributed by atoms with van der Waals surface area (Å²) in [5, 5.41) is 0. The molecule has 2 N–H and O–H groups in total. The van der Waals surface area contributed by atoms with E-state index >= 15 is 0 Å². The van der Waals surface area contributed by atoms with Gasteiger partial charge in [0.05, 0.1) is 5.56 Å². The maximum absolute atomic E-state index is 12.3. The van der Waals surface area contributed by atoms with Gasteiger partial charge in [-0.25, -0.2) is 4.79 Å². The molecule has 27 heavy (non-hydrogen) atoms. The van der Waals surface area contributed by atoms with Crippen LogP contribution in [0, 0.1) is 0 Å². The Morgan fingerprint density at radius 3 is 2.33 bits per heavy atom. The number of hydrogen-bond acceptors (Lipinski definition) is 5. The van der Waals surface area contributed by atoms with Crippen molar-refractivity contribution in [2.75, 3.05) is 13.7 Å². The summed E-state index contributed by atoms with van der Waals surface area (Å²) in [4.78, 5) is 37.1. The van der Waals surface area contributed by atoms with Gasteiger partial charge in [0.25, 0.3) is 11.8 Å². The summed E-state index contributed by atoms with van der Waals surface area (Å²) in [6, 6.07) is 15.8. The number of benzene rings is 2. The van der Waals surface area contributed by atoms with E-state index in [1.807, 2.05) is 30.3 Å². The Kier molecular flexibility index (Phi) is 6.93. The zero-order valence-electron chi connectivity index (χ0n) is 15.3. The smallest absolute Gasteiger partial charge is 0.344 e. The number of hydrogen-bond donors (Lipinski definition) is 1. The molecule has 0 bridgehead atoms. The lowest BCUT2D eigenvalue weighted by atomic mass is 10.2. The molecule has 0 aliphatic rings. The predicted octanol–water partition coefficient (Wildman–Crippen LogP) is 1.75. The van der Waals surface area contributed by atoms with E-state index in [1.54, 1.807) is 19.2 Å². The Bertz CT molecular complexity index is 807. The lowest BCUT2D eigenvalue weighted by molar-refractivity contribution is -0.160. The summed E-state index contributed by atoms with van der Waals surface area (Å²) in [6.45, 7) is 1.47. The molecule has 0 aromatic heterocycles. The fourth-order valence-corrected chi connectivity index (χ4v) is 2.46. The van der Waals surface area contributed by atoms with Crippen molar-refractivity contribution in [3.63, 3.8) is 0 Å². The first kappa shape index (κ1) is 20.0. The second kappa shape index (κ2) is 9.38. The fraction of sp³-hybridized carbons (Fsp3) is 0.250. The van der Waals surface area contributed by atoms with E-state index in [9.17, 15) is 14.4 Å². The number of nitrogens with zero attached hydrogens (tertiary/aromatic N) is 1. The highest BCUT2D eigenvalue weighted by molar-refractivity contribution is 5.95. The van der Waals surface area contributed by atoms with E-state index in [1.165, 1.54) is 24.0 Å². The number of nitrogens with two attached hydrogens (primary N) is 1. The van der Waals surface area contributed by atoms with Gasteiger partial charge in [-0.15, -0.1) is 0 Å². The van der Waals surface area contributed by atoms with Crippen LogP contribution >= 0.6 is 0 Å². The third-order valence-electron chi connectivity index (χ3n) is 3.79. The fourth-order valence-electron chi connectivity index (χ4n) is 2.46. The van der Waals surface area contributed by atoms with Crippen LogP contribution in [-0.2, 0) is 20.9 Å². The zero-order chi connectivity index (χ0) is 19.8. The lowest BCUT2D eigenvalue weighted by Gasteiger charge is -2.21. The molecule has 2 aromatic carbocycles. The van der Waals surface area contributed by atoms with E-state index in [2.05, 4.69) is 0 Å². The summed E-state index contributed by atoms with van der Waals surface area (Å²) in [5.41, 5.74) is 6.39. The Morgan fingerprint density at radius 1 is 1.04 bits per heavy atom. The summed E-state index contributed by atoms with van der Waals surface area (Å²) in [6.07, 6.45) is -0.957. The molecule has 0 aliphatic carbocycles. The average molecular weight is 370 g/mol. The highest BCUT2D eigenvalue weighted by atomic mass is 16.6. The molecular weight excluding hydrogens is 348 g/mol. The molecule has 0 saturated carbocycles. The van der Waals surface area contributed by atoms with Crippen molar-refractivity contribution in [2.45, 2.75) is 19.6 Å². The van der Waals surface area contributed by atoms with Crippen molar-refractivity contribution in [1.82, 2.24) is 4.90 Å². The number of carbonyl (C=O) groups is 3. The van der Waals surface area contributed by atoms with Crippen LogP contribution in [0.5, 0.6) is 5.75 Å². The SMILES string of the molecule is C[C@H](OC(=O)COc1ccccc1C(N)=O)C(=O)N(C)Cc1ccccc1. The summed E-state index contributed by atoms with van der Waals surface area (Å²) in [5.74, 6) is -1.53. The van der Waals surface area contributed by atoms with Crippen molar-refractivity contribution in [3.8, 4) is 5.75 Å². The second-order valence-corrected chi connectivity index (χ2v) is 5.96. The lowest BCUT2D eigenvalue weighted by Crippen LogP contribution is -2.37. The highest BCUT2D eigenvalue weighted by Crippen LogP contribution is 2.17. The van der Waals surface area contributed by atoms with E-state index in [0.717, 1.165) is 5.56 Å². The van der Waals surface area contributed by atoms with Gasteiger partial charge in [-0.3, -0.25) is 9.59 Å². The molecule has 7 nitrogen and oxygen atoms in total. The van der Waals surface area contributed by atoms with E-state index in [0.29, 0.717) is 6.54 Å². The van der Waals surface area contributed by atoms with Crippen molar-refractivity contribution >= 4 is 17.8 Å². The normalized spacial score (nSPS) is 11.3. The minimum atomic E-state index is -0.957. The number of primary amides is 1. The van der Waals surface area contributed by atoms with Gasteiger partial charge in [-0.05, 0) is 24.6 Å². The first-order valence-electron chi connectivity index (χ1n) is 8.38. The minimum Gasteiger partial charge on any atom is -0.481 e. The number of amides is 2. The molecule has 1 atom stereocenters. The number of rotatable bonds is 8. The van der Waals surface area contributed by atoms with Gasteiger partial charge < -0.3 is 20.1 Å². The van der Waals surface area contributed by atoms with Gasteiger partial charge in [-0.1, -0.05) is 42.5 Å². The molecule has 0 saturated heterocycles. The topological polar surface area (TPSA) is 98.9 Å². The highest BCUT2D eigenvalue weighted by Gasteiger charge is 2.22. The van der Waals surface area contributed by atoms with Gasteiger partial charge in [0.15, 0.2) is 12.7 Å². The van der Waals surface area contributed by atoms with Crippen LogP contribution in [0.2, 0.25) is 0 Å². The maximum Gasteiger partial charge on any atom is 0.344 e. The largest absolute Gasteiger partial charge is 0.481 e. The second-order valence-electron chi connectivity index (χ2n) is 5.96. The Labute approximate surface area is 157 Å². The monoisotopic (exact) mass is 370 g/mol. The number of likely N-dealkylation sites (N-methyl/N-ethyl adjacent to an activating group) is 1. The van der Waals surface area contributed by atoms with Gasteiger partial charge in [0, 0.05) is 13.6 Å². The molecule has 0 heterocycles. The molecule has 2 aromatic rings. The number of esters is 1. The third-order valence-corrected chi connectivity index (χ3v) is 3.79. The molecule has 0 aliphatic heterocycles. The number of para-hydroxylation sites is 1. The van der Waals surface area contributed by atoms with Crippen LogP contribution in [-0.4, -0.2) is 42.4 Å². The van der Waals surface area contributed by atoms with Gasteiger partial charge >= 0.3 is 5.97 Å². The molecule has 142 valence electrons. The third kappa shape index (κ3) is 5.85. The van der Waals surface area contributed by atoms with Crippen LogP contribution < -0.4 is 10.5 Å². The van der Waals surface area contributed by atoms with Crippen LogP contribution in [0.3, 0.4) is 0 Å². The molecular formula is C20H22N2O5. The van der Waals surface area contributed by atoms with E-state index in [-0.39, 0.29) is 17.2 Å². The van der Waals surface area contributed by atoms with Gasteiger partial charge in [0.2, 0.25) is 0 Å². The van der Waals surface area contributed by atoms with Crippen molar-refractivity contribution in [2.24, 2.45) is 5.73 Å². The molecule has 0 spiro atoms. The standard InChI is InChI=1S/C20H22N2O5/c1-14(20(25)22(2)12-15-8-4-3-5-9-15)27-18(23)13-26-17-11-7-6-10-16(17)19(21)24/h3-11,14H,12-13H2,1-2H3,(H2,21,24)/t14-/m0/s1. The van der Waals surface area contributed by atoms with Gasteiger partial charge in [-0.2, -0.15) is 0 Å². The summed E-state index contributed by atoms with van der Waals surface area (Å²) < 4.78 is 10.4. The van der Waals surface area contributed by atoms with Crippen LogP contribution in [0.4, 0.5) is 0 Å². The zero-order valence-corrected chi connectivity index (χ0v) is 15.3. The predicted molar refractivity (Wildman–Crippen MR) is 98.9 cm³/mol. The number of carbonyl (C=O) groups excluding carboxylic acids is 3. The summed E-state index contributed by atoms with van der Waals surface area (Å²) in [7, 11) is 1.64. The van der Waals surface area contributed by atoms with Crippen LogP contribution in [0.15, 0.2) is 54.6 Å². The summed E-state index contributed by atoms with van der Waals surface area (Å²) >= 11 is 0. The van der Waals surface area contributed by atoms with Crippen LogP contribution in [0.25, 0.3) is 0 Å². The van der Waals surface area contributed by atoms with Crippen LogP contribution in [0.1, 0.15) is 22.8 Å². The minimum absolute atomic E-state index is 0.164. The Hall–Kier alpha value is -3.35. The molecule has 7 heteroatoms. The van der Waals surface area contributed by atoms with E-state index < -0.39 is 24.6 Å². The van der Waals surface area contributed by atoms with E-state index in [4.69, 9.17) is 15.2 Å². The van der Waals surface area contributed by atoms with Gasteiger partial charge in [0.1, 0.15) is 5.75 Å². The maximum atomic E-state index is 12.3. The van der Waals surface area contributed by atoms with Crippen molar-refractivity contribution in [1.29, 1.82) is 0 Å². The first-order chi connectivity index (χ1) is 12.9. The van der Waals surface area contributed by atoms with Crippen molar-refractivity contribution in [3.05, 3.63) is 65.7 Å². The number of ether oxygens (including phenoxy) is 2.